The Kier molecular flexibility index (Phi) is 5.92. The van der Waals surface area contributed by atoms with Crippen molar-refractivity contribution in [1.29, 1.82) is 0 Å². The highest BCUT2D eigenvalue weighted by atomic mass is 79.9. The van der Waals surface area contributed by atoms with Crippen LogP contribution in [0.15, 0.2) is 63.0 Å². The molecule has 27 heavy (non-hydrogen) atoms. The molecular weight excluding hydrogens is 426 g/mol. The van der Waals surface area contributed by atoms with Crippen molar-refractivity contribution in [2.24, 2.45) is 0 Å². The van der Waals surface area contributed by atoms with Gasteiger partial charge in [-0.05, 0) is 30.3 Å². The maximum Gasteiger partial charge on any atom is 0.266 e. The molecule has 0 bridgehead atoms. The predicted octanol–water partition coefficient (Wildman–Crippen LogP) is 3.57. The molecule has 1 aliphatic rings. The molecule has 0 unspecified atom stereocenters. The molecule has 5 nitrogen and oxygen atoms in total. The number of para-hydroxylation sites is 1. The van der Waals surface area contributed by atoms with Crippen molar-refractivity contribution in [1.82, 2.24) is 14.5 Å². The molecule has 7 heteroatoms. The summed E-state index contributed by atoms with van der Waals surface area (Å²) in [6, 6.07) is 15.4. The first-order chi connectivity index (χ1) is 13.2. The number of halogens is 1. The lowest BCUT2D eigenvalue weighted by molar-refractivity contribution is 0.0410. The van der Waals surface area contributed by atoms with E-state index in [0.29, 0.717) is 5.39 Å². The molecule has 1 aromatic heterocycles. The fraction of sp³-hybridized carbons (Fsp3) is 0.300. The zero-order valence-electron chi connectivity index (χ0n) is 14.8. The largest absolute Gasteiger partial charge is 0.379 e. The summed E-state index contributed by atoms with van der Waals surface area (Å²) in [6.07, 6.45) is 0. The highest BCUT2D eigenvalue weighted by molar-refractivity contribution is 9.10. The zero-order valence-corrected chi connectivity index (χ0v) is 17.2. The Morgan fingerprint density at radius 2 is 1.89 bits per heavy atom. The number of hydrogen-bond acceptors (Lipinski definition) is 5. The number of aromatic nitrogens is 2. The van der Waals surface area contributed by atoms with Gasteiger partial charge in [0.25, 0.3) is 5.56 Å². The van der Waals surface area contributed by atoms with Gasteiger partial charge in [-0.15, -0.1) is 0 Å². The third-order valence-corrected chi connectivity index (χ3v) is 5.97. The summed E-state index contributed by atoms with van der Waals surface area (Å²) in [5.74, 6) is 0.876. The van der Waals surface area contributed by atoms with Crippen LogP contribution in [0.25, 0.3) is 16.6 Å². The van der Waals surface area contributed by atoms with Crippen molar-refractivity contribution in [3.63, 3.8) is 0 Å². The average Bonchev–Trinajstić information content (AvgIpc) is 2.70. The summed E-state index contributed by atoms with van der Waals surface area (Å²) >= 11 is 5.08. The summed E-state index contributed by atoms with van der Waals surface area (Å²) < 4.78 is 8.00. The first-order valence-corrected chi connectivity index (χ1v) is 10.7. The Bertz CT molecular complexity index is 988. The lowest BCUT2D eigenvalue weighted by Crippen LogP contribution is -2.37. The standard InChI is InChI=1S/C20H20BrN3O2S/c21-15-6-7-18-17(14-15)19(25)24(16-4-2-1-3-5-16)20(22-18)27-13-10-23-8-11-26-12-9-23/h1-7,14H,8-13H2. The van der Waals surface area contributed by atoms with Gasteiger partial charge in [0.1, 0.15) is 0 Å². The SMILES string of the molecule is O=c1c2cc(Br)ccc2nc(SCCN2CCOCC2)n1-c1ccccc1. The summed E-state index contributed by atoms with van der Waals surface area (Å²) in [4.78, 5) is 20.4. The molecule has 0 N–H and O–H groups in total. The minimum Gasteiger partial charge on any atom is -0.379 e. The Morgan fingerprint density at radius 3 is 2.67 bits per heavy atom. The monoisotopic (exact) mass is 445 g/mol. The van der Waals surface area contributed by atoms with E-state index in [-0.39, 0.29) is 5.56 Å². The minimum absolute atomic E-state index is 0.0404. The van der Waals surface area contributed by atoms with Gasteiger partial charge < -0.3 is 4.74 Å². The molecule has 1 fully saturated rings. The van der Waals surface area contributed by atoms with E-state index in [9.17, 15) is 4.79 Å². The van der Waals surface area contributed by atoms with Crippen molar-refractivity contribution in [2.45, 2.75) is 5.16 Å². The van der Waals surface area contributed by atoms with Crippen LogP contribution in [0.1, 0.15) is 0 Å². The van der Waals surface area contributed by atoms with Gasteiger partial charge in [0.2, 0.25) is 0 Å². The van der Waals surface area contributed by atoms with E-state index < -0.39 is 0 Å². The van der Waals surface area contributed by atoms with E-state index in [1.54, 1.807) is 16.3 Å². The van der Waals surface area contributed by atoms with Crippen LogP contribution in [0.5, 0.6) is 0 Å². The number of morpholine rings is 1. The smallest absolute Gasteiger partial charge is 0.266 e. The number of thioether (sulfide) groups is 1. The van der Waals surface area contributed by atoms with Crippen LogP contribution in [0.4, 0.5) is 0 Å². The van der Waals surface area contributed by atoms with Gasteiger partial charge in [-0.1, -0.05) is 45.9 Å². The maximum absolute atomic E-state index is 13.2. The molecule has 0 spiro atoms. The predicted molar refractivity (Wildman–Crippen MR) is 113 cm³/mol. The second-order valence-corrected chi connectivity index (χ2v) is 8.31. The number of ether oxygens (including phenoxy) is 1. The first kappa shape index (κ1) is 18.7. The van der Waals surface area contributed by atoms with Gasteiger partial charge in [0.05, 0.1) is 29.8 Å². The average molecular weight is 446 g/mol. The number of nitrogens with zero attached hydrogens (tertiary/aromatic N) is 3. The highest BCUT2D eigenvalue weighted by Crippen LogP contribution is 2.23. The van der Waals surface area contributed by atoms with Crippen LogP contribution in [-0.2, 0) is 4.74 Å². The van der Waals surface area contributed by atoms with E-state index in [4.69, 9.17) is 9.72 Å². The minimum atomic E-state index is -0.0404. The van der Waals surface area contributed by atoms with Crippen LogP contribution >= 0.6 is 27.7 Å². The molecule has 2 heterocycles. The molecule has 1 saturated heterocycles. The van der Waals surface area contributed by atoms with Crippen molar-refractivity contribution in [2.75, 3.05) is 38.6 Å². The molecule has 1 aliphatic heterocycles. The van der Waals surface area contributed by atoms with E-state index in [1.807, 2.05) is 48.5 Å². The van der Waals surface area contributed by atoms with Gasteiger partial charge in [-0.25, -0.2) is 4.98 Å². The molecule has 4 rings (SSSR count). The molecule has 0 radical (unpaired) electrons. The Labute approximate surface area is 170 Å². The maximum atomic E-state index is 13.2. The Morgan fingerprint density at radius 1 is 1.11 bits per heavy atom. The van der Waals surface area contributed by atoms with Gasteiger partial charge in [0, 0.05) is 29.9 Å². The normalized spacial score (nSPS) is 15.3. The number of rotatable bonds is 5. The third kappa shape index (κ3) is 4.27. The first-order valence-electron chi connectivity index (χ1n) is 8.93. The van der Waals surface area contributed by atoms with E-state index in [2.05, 4.69) is 20.8 Å². The number of hydrogen-bond donors (Lipinski definition) is 0. The van der Waals surface area contributed by atoms with Gasteiger partial charge in [-0.2, -0.15) is 0 Å². The van der Waals surface area contributed by atoms with Crippen molar-refractivity contribution >= 4 is 38.6 Å². The fourth-order valence-electron chi connectivity index (χ4n) is 3.13. The Hall–Kier alpha value is -1.67. The molecule has 0 amide bonds. The molecule has 0 atom stereocenters. The summed E-state index contributed by atoms with van der Waals surface area (Å²) in [7, 11) is 0. The molecule has 0 saturated carbocycles. The van der Waals surface area contributed by atoms with Crippen LogP contribution in [0.2, 0.25) is 0 Å². The van der Waals surface area contributed by atoms with Crippen LogP contribution in [-0.4, -0.2) is 53.1 Å². The summed E-state index contributed by atoms with van der Waals surface area (Å²) in [6.45, 7) is 4.47. The van der Waals surface area contributed by atoms with E-state index in [0.717, 1.165) is 59.4 Å². The van der Waals surface area contributed by atoms with Gasteiger partial charge >= 0.3 is 0 Å². The van der Waals surface area contributed by atoms with Crippen molar-refractivity contribution < 1.29 is 4.74 Å². The van der Waals surface area contributed by atoms with E-state index >= 15 is 0 Å². The second kappa shape index (κ2) is 8.56. The van der Waals surface area contributed by atoms with Crippen LogP contribution < -0.4 is 5.56 Å². The highest BCUT2D eigenvalue weighted by Gasteiger charge is 2.15. The summed E-state index contributed by atoms with van der Waals surface area (Å²) in [5, 5.41) is 1.35. The van der Waals surface area contributed by atoms with Crippen LogP contribution in [0.3, 0.4) is 0 Å². The van der Waals surface area contributed by atoms with Gasteiger partial charge in [0.15, 0.2) is 5.16 Å². The topological polar surface area (TPSA) is 47.4 Å². The number of fused-ring (bicyclic) bond motifs is 1. The quantitative estimate of drug-likeness (QED) is 0.443. The van der Waals surface area contributed by atoms with Crippen molar-refractivity contribution in [3.05, 3.63) is 63.4 Å². The lowest BCUT2D eigenvalue weighted by atomic mass is 10.2. The summed E-state index contributed by atoms with van der Waals surface area (Å²) in [5.41, 5.74) is 1.52. The molecule has 0 aliphatic carbocycles. The number of benzene rings is 2. The molecule has 3 aromatic rings. The van der Waals surface area contributed by atoms with E-state index in [1.165, 1.54) is 0 Å². The van der Waals surface area contributed by atoms with Crippen molar-refractivity contribution in [3.8, 4) is 5.69 Å². The fourth-order valence-corrected chi connectivity index (χ4v) is 4.50. The third-order valence-electron chi connectivity index (χ3n) is 4.56. The molecule has 2 aromatic carbocycles. The van der Waals surface area contributed by atoms with Crippen LogP contribution in [0, 0.1) is 0 Å². The molecule has 140 valence electrons. The zero-order chi connectivity index (χ0) is 18.6. The second-order valence-electron chi connectivity index (χ2n) is 6.33. The lowest BCUT2D eigenvalue weighted by Gasteiger charge is -2.26. The Balaban J connectivity index is 1.69. The molecular formula is C20H20BrN3O2S. The van der Waals surface area contributed by atoms with Gasteiger partial charge in [-0.3, -0.25) is 14.3 Å².